The van der Waals surface area contributed by atoms with E-state index in [2.05, 4.69) is 16.7 Å². The van der Waals surface area contributed by atoms with E-state index in [1.165, 1.54) is 30.9 Å². The van der Waals surface area contributed by atoms with Gasteiger partial charge in [-0.15, -0.1) is 0 Å². The molecule has 2 heterocycles. The Balaban J connectivity index is 1.85. The highest BCUT2D eigenvalue weighted by atomic mass is 32.2. The van der Waals surface area contributed by atoms with E-state index in [-0.39, 0.29) is 0 Å². The molecule has 2 nitrogen and oxygen atoms in total. The van der Waals surface area contributed by atoms with Crippen LogP contribution in [0.2, 0.25) is 0 Å². The van der Waals surface area contributed by atoms with E-state index in [4.69, 9.17) is 5.73 Å². The molecule has 0 aliphatic carbocycles. The van der Waals surface area contributed by atoms with E-state index in [0.717, 1.165) is 12.6 Å². The molecule has 0 bridgehead atoms. The maximum atomic E-state index is 5.84. The fourth-order valence-electron chi connectivity index (χ4n) is 1.96. The molecule has 0 amide bonds. The van der Waals surface area contributed by atoms with Gasteiger partial charge < -0.3 is 5.73 Å². The average molecular weight is 172 g/mol. The van der Waals surface area contributed by atoms with Crippen LogP contribution in [0, 0.1) is 0 Å². The van der Waals surface area contributed by atoms with Gasteiger partial charge in [0.25, 0.3) is 0 Å². The first-order valence-corrected chi connectivity index (χ1v) is 5.59. The summed E-state index contributed by atoms with van der Waals surface area (Å²) in [6.45, 7) is 2.39. The summed E-state index contributed by atoms with van der Waals surface area (Å²) in [5.74, 6) is 2.70. The maximum absolute atomic E-state index is 5.84. The van der Waals surface area contributed by atoms with Crippen molar-refractivity contribution < 1.29 is 0 Å². The minimum absolute atomic E-state index is 0.459. The lowest BCUT2D eigenvalue weighted by Crippen LogP contribution is -2.35. The standard InChI is InChI=1S/C8H16N2S/c9-7-1-3-10(5-7)8-2-4-11-6-8/h7-8H,1-6,9H2. The van der Waals surface area contributed by atoms with Crippen molar-refractivity contribution in [1.29, 1.82) is 0 Å². The molecule has 0 radical (unpaired) electrons. The SMILES string of the molecule is NC1CCN(C2CCSC2)C1. The van der Waals surface area contributed by atoms with Gasteiger partial charge in [-0.3, -0.25) is 4.90 Å². The molecule has 2 fully saturated rings. The van der Waals surface area contributed by atoms with Crippen LogP contribution in [-0.4, -0.2) is 41.6 Å². The van der Waals surface area contributed by atoms with Gasteiger partial charge in [0.05, 0.1) is 0 Å². The molecule has 0 saturated carbocycles. The molecular formula is C8H16N2S. The molecule has 2 aliphatic heterocycles. The zero-order chi connectivity index (χ0) is 7.68. The van der Waals surface area contributed by atoms with E-state index < -0.39 is 0 Å². The molecular weight excluding hydrogens is 156 g/mol. The van der Waals surface area contributed by atoms with Crippen molar-refractivity contribution in [1.82, 2.24) is 4.90 Å². The van der Waals surface area contributed by atoms with Crippen LogP contribution in [0.3, 0.4) is 0 Å². The van der Waals surface area contributed by atoms with Gasteiger partial charge in [0.1, 0.15) is 0 Å². The molecule has 2 saturated heterocycles. The summed E-state index contributed by atoms with van der Waals surface area (Å²) in [7, 11) is 0. The van der Waals surface area contributed by atoms with E-state index in [1.807, 2.05) is 0 Å². The van der Waals surface area contributed by atoms with Gasteiger partial charge in [0.2, 0.25) is 0 Å². The summed E-state index contributed by atoms with van der Waals surface area (Å²) in [4.78, 5) is 2.57. The monoisotopic (exact) mass is 172 g/mol. The summed E-state index contributed by atoms with van der Waals surface area (Å²) in [6.07, 6.45) is 2.60. The molecule has 64 valence electrons. The fourth-order valence-corrected chi connectivity index (χ4v) is 3.21. The molecule has 2 N–H and O–H groups in total. The Hall–Kier alpha value is 0.270. The van der Waals surface area contributed by atoms with Crippen LogP contribution in [0.15, 0.2) is 0 Å². The highest BCUT2D eigenvalue weighted by Gasteiger charge is 2.28. The normalized spacial score (nSPS) is 40.1. The van der Waals surface area contributed by atoms with Gasteiger partial charge >= 0.3 is 0 Å². The first-order valence-electron chi connectivity index (χ1n) is 4.43. The Kier molecular flexibility index (Phi) is 2.39. The number of rotatable bonds is 1. The van der Waals surface area contributed by atoms with Crippen LogP contribution in [0.5, 0.6) is 0 Å². The minimum atomic E-state index is 0.459. The van der Waals surface area contributed by atoms with E-state index in [0.29, 0.717) is 6.04 Å². The summed E-state index contributed by atoms with van der Waals surface area (Å²) >= 11 is 2.09. The van der Waals surface area contributed by atoms with Crippen molar-refractivity contribution in [2.24, 2.45) is 5.73 Å². The molecule has 3 heteroatoms. The lowest BCUT2D eigenvalue weighted by molar-refractivity contribution is 0.261. The average Bonchev–Trinajstić information content (AvgIpc) is 2.55. The largest absolute Gasteiger partial charge is 0.326 e. The maximum Gasteiger partial charge on any atom is 0.0194 e. The first kappa shape index (κ1) is 7.90. The predicted molar refractivity (Wildman–Crippen MR) is 49.9 cm³/mol. The van der Waals surface area contributed by atoms with Gasteiger partial charge in [-0.2, -0.15) is 11.8 Å². The Labute approximate surface area is 72.5 Å². The number of thioether (sulfide) groups is 1. The lowest BCUT2D eigenvalue weighted by atomic mass is 10.2. The van der Waals surface area contributed by atoms with Crippen LogP contribution in [0.4, 0.5) is 0 Å². The Morgan fingerprint density at radius 2 is 2.27 bits per heavy atom. The Morgan fingerprint density at radius 1 is 1.36 bits per heavy atom. The smallest absolute Gasteiger partial charge is 0.0194 e. The molecule has 2 unspecified atom stereocenters. The third-order valence-electron chi connectivity index (χ3n) is 2.68. The zero-order valence-corrected chi connectivity index (χ0v) is 7.65. The molecule has 0 aromatic heterocycles. The number of hydrogen-bond acceptors (Lipinski definition) is 3. The van der Waals surface area contributed by atoms with Crippen molar-refractivity contribution in [3.8, 4) is 0 Å². The number of likely N-dealkylation sites (tertiary alicyclic amines) is 1. The van der Waals surface area contributed by atoms with Crippen LogP contribution < -0.4 is 5.73 Å². The second-order valence-electron chi connectivity index (χ2n) is 3.56. The molecule has 0 spiro atoms. The number of nitrogens with zero attached hydrogens (tertiary/aromatic N) is 1. The molecule has 0 aromatic carbocycles. The van der Waals surface area contributed by atoms with Gasteiger partial charge in [-0.05, 0) is 18.6 Å². The van der Waals surface area contributed by atoms with Gasteiger partial charge in [0, 0.05) is 30.9 Å². The predicted octanol–water partition coefficient (Wildman–Crippen LogP) is 0.525. The van der Waals surface area contributed by atoms with Crippen molar-refractivity contribution in [3.05, 3.63) is 0 Å². The highest BCUT2D eigenvalue weighted by Crippen LogP contribution is 2.24. The van der Waals surface area contributed by atoms with Gasteiger partial charge in [-0.1, -0.05) is 0 Å². The van der Waals surface area contributed by atoms with E-state index >= 15 is 0 Å². The first-order chi connectivity index (χ1) is 5.36. The van der Waals surface area contributed by atoms with Gasteiger partial charge in [-0.25, -0.2) is 0 Å². The summed E-state index contributed by atoms with van der Waals surface area (Å²) in [5.41, 5.74) is 5.84. The van der Waals surface area contributed by atoms with Gasteiger partial charge in [0.15, 0.2) is 0 Å². The van der Waals surface area contributed by atoms with Crippen molar-refractivity contribution >= 4 is 11.8 Å². The molecule has 11 heavy (non-hydrogen) atoms. The van der Waals surface area contributed by atoms with Crippen LogP contribution in [0.25, 0.3) is 0 Å². The highest BCUT2D eigenvalue weighted by molar-refractivity contribution is 7.99. The van der Waals surface area contributed by atoms with Crippen LogP contribution in [0.1, 0.15) is 12.8 Å². The minimum Gasteiger partial charge on any atom is -0.326 e. The lowest BCUT2D eigenvalue weighted by Gasteiger charge is -2.22. The number of hydrogen-bond donors (Lipinski definition) is 1. The van der Waals surface area contributed by atoms with Crippen molar-refractivity contribution in [3.63, 3.8) is 0 Å². The van der Waals surface area contributed by atoms with Crippen molar-refractivity contribution in [2.45, 2.75) is 24.9 Å². The summed E-state index contributed by atoms with van der Waals surface area (Å²) in [5, 5.41) is 0. The second kappa shape index (κ2) is 3.33. The summed E-state index contributed by atoms with van der Waals surface area (Å²) in [6, 6.07) is 1.31. The third kappa shape index (κ3) is 1.71. The molecule has 2 aliphatic rings. The van der Waals surface area contributed by atoms with Crippen LogP contribution >= 0.6 is 11.8 Å². The van der Waals surface area contributed by atoms with Crippen molar-refractivity contribution in [2.75, 3.05) is 24.6 Å². The topological polar surface area (TPSA) is 29.3 Å². The third-order valence-corrected chi connectivity index (χ3v) is 3.82. The quantitative estimate of drug-likeness (QED) is 0.625. The molecule has 0 aromatic rings. The van der Waals surface area contributed by atoms with Crippen LogP contribution in [-0.2, 0) is 0 Å². The number of nitrogens with two attached hydrogens (primary N) is 1. The van der Waals surface area contributed by atoms with E-state index in [1.54, 1.807) is 0 Å². The zero-order valence-electron chi connectivity index (χ0n) is 6.83. The second-order valence-corrected chi connectivity index (χ2v) is 4.71. The molecule has 2 rings (SSSR count). The Morgan fingerprint density at radius 3 is 2.82 bits per heavy atom. The van der Waals surface area contributed by atoms with E-state index in [9.17, 15) is 0 Å². The Bertz CT molecular complexity index is 134. The molecule has 2 atom stereocenters. The summed E-state index contributed by atoms with van der Waals surface area (Å²) < 4.78 is 0. The fraction of sp³-hybridized carbons (Fsp3) is 1.00.